The summed E-state index contributed by atoms with van der Waals surface area (Å²) in [5.74, 6) is 1.71. The third-order valence-electron chi connectivity index (χ3n) is 10.4. The van der Waals surface area contributed by atoms with E-state index in [0.29, 0.717) is 47.9 Å². The summed E-state index contributed by atoms with van der Waals surface area (Å²) in [6, 6.07) is 11.4. The number of hydrogen-bond acceptors (Lipinski definition) is 10. The van der Waals surface area contributed by atoms with Crippen molar-refractivity contribution in [1.29, 1.82) is 0 Å². The number of carboxylic acid groups (broad SMARTS) is 1. The van der Waals surface area contributed by atoms with E-state index < -0.39 is 11.9 Å². The highest BCUT2D eigenvalue weighted by Gasteiger charge is 2.39. The highest BCUT2D eigenvalue weighted by molar-refractivity contribution is 6.05. The normalized spacial score (nSPS) is 17.6. The molecule has 3 aliphatic heterocycles. The smallest absolute Gasteiger partial charge is 0.290 e. The second kappa shape index (κ2) is 15.5. The predicted octanol–water partition coefficient (Wildman–Crippen LogP) is 3.53. The van der Waals surface area contributed by atoms with Crippen molar-refractivity contribution in [2.45, 2.75) is 50.7 Å². The third-order valence-corrected chi connectivity index (χ3v) is 10.4. The molecule has 14 nitrogen and oxygen atoms in total. The van der Waals surface area contributed by atoms with Crippen LogP contribution in [0.15, 0.2) is 53.6 Å². The molecule has 0 spiro atoms. The van der Waals surface area contributed by atoms with Crippen LogP contribution in [0.1, 0.15) is 58.6 Å². The van der Waals surface area contributed by atoms with Crippen LogP contribution in [0.25, 0.3) is 21.9 Å². The Labute approximate surface area is 306 Å². The number of pyridine rings is 2. The quantitative estimate of drug-likeness (QED) is 0.202. The van der Waals surface area contributed by atoms with Gasteiger partial charge in [-0.3, -0.25) is 34.2 Å². The van der Waals surface area contributed by atoms with Crippen LogP contribution in [-0.2, 0) is 34.5 Å². The molecule has 2 N–H and O–H groups in total. The second-order valence-electron chi connectivity index (χ2n) is 13.8. The van der Waals surface area contributed by atoms with Crippen molar-refractivity contribution in [1.82, 2.24) is 24.7 Å². The first-order valence-electron chi connectivity index (χ1n) is 17.5. The van der Waals surface area contributed by atoms with E-state index in [4.69, 9.17) is 19.4 Å². The zero-order valence-electron chi connectivity index (χ0n) is 30.5. The molecule has 5 heterocycles. The summed E-state index contributed by atoms with van der Waals surface area (Å²) in [4.78, 5) is 69.0. The van der Waals surface area contributed by atoms with Crippen molar-refractivity contribution in [3.8, 4) is 22.6 Å². The maximum atomic E-state index is 13.2. The molecule has 1 atom stereocenters. The fraction of sp³-hybridized carbons (Fsp3) is 0.385. The lowest BCUT2D eigenvalue weighted by molar-refractivity contribution is -0.137. The van der Waals surface area contributed by atoms with Crippen molar-refractivity contribution in [3.05, 3.63) is 81.4 Å². The number of hydrogen-bond donors (Lipinski definition) is 2. The molecule has 2 saturated heterocycles. The Morgan fingerprint density at radius 1 is 0.962 bits per heavy atom. The first kappa shape index (κ1) is 37.0. The molecule has 3 aliphatic rings. The van der Waals surface area contributed by atoms with Gasteiger partial charge >= 0.3 is 0 Å². The minimum Gasteiger partial charge on any atom is -0.496 e. The van der Waals surface area contributed by atoms with Gasteiger partial charge in [0, 0.05) is 69.6 Å². The number of amides is 3. The molecule has 4 aromatic rings. The van der Waals surface area contributed by atoms with Crippen LogP contribution < -0.4 is 25.2 Å². The van der Waals surface area contributed by atoms with Gasteiger partial charge < -0.3 is 28.9 Å². The Bertz CT molecular complexity index is 2110. The van der Waals surface area contributed by atoms with Crippen molar-refractivity contribution in [2.75, 3.05) is 46.3 Å². The number of imide groups is 1. The van der Waals surface area contributed by atoms with Gasteiger partial charge in [0.2, 0.25) is 11.8 Å². The zero-order chi connectivity index (χ0) is 38.0. The summed E-state index contributed by atoms with van der Waals surface area (Å²) < 4.78 is 13.5. The summed E-state index contributed by atoms with van der Waals surface area (Å²) >= 11 is 0. The molecule has 2 aromatic heterocycles. The van der Waals surface area contributed by atoms with Gasteiger partial charge in [0.25, 0.3) is 17.9 Å². The lowest BCUT2D eigenvalue weighted by Gasteiger charge is -2.33. The largest absolute Gasteiger partial charge is 0.496 e. The maximum absolute atomic E-state index is 13.2. The van der Waals surface area contributed by atoms with E-state index in [1.165, 1.54) is 5.56 Å². The number of fused-ring (bicyclic) bond motifs is 2. The number of methoxy groups -OCH3 is 2. The number of nitrogens with one attached hydrogen (secondary N) is 1. The highest BCUT2D eigenvalue weighted by atomic mass is 16.5. The minimum absolute atomic E-state index is 0.108. The van der Waals surface area contributed by atoms with E-state index in [0.717, 1.165) is 59.4 Å². The summed E-state index contributed by atoms with van der Waals surface area (Å²) in [6.07, 6.45) is 6.00. The Hall–Kier alpha value is -5.76. The molecule has 3 amide bonds. The summed E-state index contributed by atoms with van der Waals surface area (Å²) in [5.41, 5.74) is 5.40. The van der Waals surface area contributed by atoms with Gasteiger partial charge in [-0.1, -0.05) is 12.1 Å². The first-order valence-corrected chi connectivity index (χ1v) is 17.5. The number of anilines is 1. The molecule has 53 heavy (non-hydrogen) atoms. The fourth-order valence-corrected chi connectivity index (χ4v) is 7.62. The van der Waals surface area contributed by atoms with Crippen LogP contribution >= 0.6 is 0 Å². The van der Waals surface area contributed by atoms with Gasteiger partial charge in [-0.05, 0) is 79.2 Å². The molecular weight excluding hydrogens is 680 g/mol. The Morgan fingerprint density at radius 2 is 1.64 bits per heavy atom. The predicted molar refractivity (Wildman–Crippen MR) is 198 cm³/mol. The molecule has 2 fully saturated rings. The molecular formula is C39H44N6O8. The van der Waals surface area contributed by atoms with Crippen LogP contribution in [0.4, 0.5) is 5.82 Å². The van der Waals surface area contributed by atoms with Crippen LogP contribution in [-0.4, -0.2) is 96.1 Å². The number of ether oxygens (including phenoxy) is 2. The topological polar surface area (TPSA) is 164 Å². The fourth-order valence-electron chi connectivity index (χ4n) is 7.62. The van der Waals surface area contributed by atoms with Gasteiger partial charge in [-0.25, -0.2) is 4.98 Å². The average Bonchev–Trinajstić information content (AvgIpc) is 3.48. The van der Waals surface area contributed by atoms with Gasteiger partial charge in [0.1, 0.15) is 23.4 Å². The van der Waals surface area contributed by atoms with Crippen LogP contribution in [0.5, 0.6) is 11.5 Å². The van der Waals surface area contributed by atoms with Crippen LogP contribution in [0.2, 0.25) is 0 Å². The number of aryl methyl sites for hydroxylation is 1. The minimum atomic E-state index is -0.615. The highest BCUT2D eigenvalue weighted by Crippen LogP contribution is 2.40. The van der Waals surface area contributed by atoms with Crippen molar-refractivity contribution >= 4 is 40.8 Å². The van der Waals surface area contributed by atoms with E-state index in [9.17, 15) is 19.2 Å². The lowest BCUT2D eigenvalue weighted by atomic mass is 9.87. The van der Waals surface area contributed by atoms with E-state index >= 15 is 0 Å². The number of aromatic nitrogens is 2. The monoisotopic (exact) mass is 724 g/mol. The number of likely N-dealkylation sites (tertiary alicyclic amines) is 1. The number of piperidine rings is 2. The zero-order valence-corrected chi connectivity index (χ0v) is 30.5. The molecule has 0 bridgehead atoms. The molecule has 14 heteroatoms. The maximum Gasteiger partial charge on any atom is 0.290 e. The molecule has 0 radical (unpaired) electrons. The molecule has 0 aliphatic carbocycles. The number of benzene rings is 2. The second-order valence-corrected chi connectivity index (χ2v) is 13.8. The number of rotatable bonds is 8. The molecule has 2 aromatic carbocycles. The first-order chi connectivity index (χ1) is 25.5. The van der Waals surface area contributed by atoms with Crippen LogP contribution in [0.3, 0.4) is 0 Å². The average molecular weight is 725 g/mol. The lowest BCUT2D eigenvalue weighted by Crippen LogP contribution is -2.52. The Kier molecular flexibility index (Phi) is 10.8. The number of nitrogens with zero attached hydrogens (tertiary/aromatic N) is 5. The summed E-state index contributed by atoms with van der Waals surface area (Å²) in [6.45, 7) is 2.54. The molecule has 1 unspecified atom stereocenters. The van der Waals surface area contributed by atoms with Gasteiger partial charge in [0.05, 0.1) is 25.2 Å². The van der Waals surface area contributed by atoms with E-state index in [-0.39, 0.29) is 30.3 Å². The van der Waals surface area contributed by atoms with Gasteiger partial charge in [-0.15, -0.1) is 0 Å². The van der Waals surface area contributed by atoms with Gasteiger partial charge in [0.15, 0.2) is 0 Å². The van der Waals surface area contributed by atoms with E-state index in [1.54, 1.807) is 36.9 Å². The Morgan fingerprint density at radius 3 is 2.26 bits per heavy atom. The van der Waals surface area contributed by atoms with Crippen LogP contribution in [0, 0.1) is 0 Å². The number of carbonyl (C=O) groups excluding carboxylic acids is 3. The standard InChI is InChI=1S/C38H42N6O6.CH2O2/c1-41(2)34-17-27-28(18-39-34)37(47)42(3)20-29(27)24-15-32(49-4)30(33(16-24)50-5)21-43-12-10-22(11-13-43)23-6-7-26-25(14-23)19-44(38(26)48)31-8-9-35(45)40-36(31)46;2-1-3/h6-7,14-18,20,22,31H,8-13,19,21H2,1-5H3,(H,40,45,46);1H,(H,2,3). The Balaban J connectivity index is 0.00000155. The number of carbonyl (C=O) groups is 4. The summed E-state index contributed by atoms with van der Waals surface area (Å²) in [5, 5.41) is 10.6. The van der Waals surface area contributed by atoms with Crippen molar-refractivity contribution in [2.24, 2.45) is 7.05 Å². The third kappa shape index (κ3) is 7.31. The molecule has 0 saturated carbocycles. The summed E-state index contributed by atoms with van der Waals surface area (Å²) in [7, 11) is 8.93. The SMILES string of the molecule is COc1cc(-c2cn(C)c(=O)c3cnc(N(C)C)cc23)cc(OC)c1CN1CCC(c2ccc3c(c2)CN(C2CCC(=O)NC2=O)C3=O)CC1.O=CO. The van der Waals surface area contributed by atoms with Crippen molar-refractivity contribution in [3.63, 3.8) is 0 Å². The van der Waals surface area contributed by atoms with E-state index in [2.05, 4.69) is 27.3 Å². The molecule has 7 rings (SSSR count). The van der Waals surface area contributed by atoms with Gasteiger partial charge in [-0.2, -0.15) is 0 Å². The van der Waals surface area contributed by atoms with Crippen molar-refractivity contribution < 1.29 is 33.8 Å². The molecule has 278 valence electrons. The van der Waals surface area contributed by atoms with E-state index in [1.807, 2.05) is 49.5 Å².